The fourth-order valence-corrected chi connectivity index (χ4v) is 5.35. The summed E-state index contributed by atoms with van der Waals surface area (Å²) in [6.45, 7) is 4.07. The van der Waals surface area contributed by atoms with Gasteiger partial charge in [0, 0.05) is 47.6 Å². The number of benzene rings is 1. The average Bonchev–Trinajstić information content (AvgIpc) is 3.10. The van der Waals surface area contributed by atoms with Crippen LogP contribution in [-0.2, 0) is 20.7 Å². The first-order valence-electron chi connectivity index (χ1n) is 9.97. The fraction of sp³-hybridized carbons (Fsp3) is 0.500. The van der Waals surface area contributed by atoms with Crippen molar-refractivity contribution in [1.29, 1.82) is 0 Å². The molecule has 0 amide bonds. The highest BCUT2D eigenvalue weighted by atomic mass is 16.5. The third-order valence-corrected chi connectivity index (χ3v) is 6.84. The first kappa shape index (κ1) is 17.6. The normalized spacial score (nSPS) is 29.2. The molecule has 3 aliphatic rings. The summed E-state index contributed by atoms with van der Waals surface area (Å²) in [6, 6.07) is 6.53. The Morgan fingerprint density at radius 3 is 2.96 bits per heavy atom. The lowest BCUT2D eigenvalue weighted by atomic mass is 9.72. The Morgan fingerprint density at radius 2 is 2.18 bits per heavy atom. The molecule has 0 aliphatic carbocycles. The van der Waals surface area contributed by atoms with E-state index < -0.39 is 0 Å². The van der Waals surface area contributed by atoms with Gasteiger partial charge in [0.2, 0.25) is 0 Å². The smallest absolute Gasteiger partial charge is 0.337 e. The van der Waals surface area contributed by atoms with Crippen molar-refractivity contribution < 1.29 is 19.0 Å². The number of aromatic amines is 1. The van der Waals surface area contributed by atoms with Gasteiger partial charge >= 0.3 is 5.97 Å². The van der Waals surface area contributed by atoms with Crippen LogP contribution in [0.2, 0.25) is 0 Å². The van der Waals surface area contributed by atoms with Crippen molar-refractivity contribution in [1.82, 2.24) is 9.88 Å². The Balaban J connectivity index is 1.54. The van der Waals surface area contributed by atoms with Gasteiger partial charge in [0.15, 0.2) is 0 Å². The van der Waals surface area contributed by atoms with Gasteiger partial charge in [-0.05, 0) is 37.5 Å². The van der Waals surface area contributed by atoms with Crippen LogP contribution in [0.5, 0.6) is 5.75 Å². The van der Waals surface area contributed by atoms with E-state index in [9.17, 15) is 4.79 Å². The number of ether oxygens (including phenoxy) is 3. The minimum atomic E-state index is -0.271. The number of rotatable bonds is 2. The van der Waals surface area contributed by atoms with Gasteiger partial charge in [-0.25, -0.2) is 4.79 Å². The number of carbonyl (C=O) groups excluding carboxylic acids is 1. The summed E-state index contributed by atoms with van der Waals surface area (Å²) in [5.74, 6) is 1.05. The molecule has 1 fully saturated rings. The van der Waals surface area contributed by atoms with Crippen molar-refractivity contribution in [2.45, 2.75) is 31.9 Å². The number of hydrogen-bond donors (Lipinski definition) is 1. The van der Waals surface area contributed by atoms with E-state index in [1.807, 2.05) is 6.07 Å². The van der Waals surface area contributed by atoms with Gasteiger partial charge in [-0.2, -0.15) is 0 Å². The van der Waals surface area contributed by atoms with E-state index in [4.69, 9.17) is 14.2 Å². The number of fused-ring (bicyclic) bond motifs is 6. The Morgan fingerprint density at radius 1 is 1.32 bits per heavy atom. The van der Waals surface area contributed by atoms with Crippen LogP contribution in [-0.4, -0.2) is 49.3 Å². The number of methoxy groups -OCH3 is 2. The second-order valence-electron chi connectivity index (χ2n) is 8.10. The van der Waals surface area contributed by atoms with Crippen LogP contribution < -0.4 is 4.74 Å². The zero-order valence-corrected chi connectivity index (χ0v) is 16.5. The van der Waals surface area contributed by atoms with Gasteiger partial charge in [-0.3, -0.25) is 4.90 Å². The monoisotopic (exact) mass is 382 g/mol. The van der Waals surface area contributed by atoms with E-state index in [0.29, 0.717) is 11.5 Å². The van der Waals surface area contributed by atoms with Crippen molar-refractivity contribution >= 4 is 16.9 Å². The topological polar surface area (TPSA) is 63.8 Å². The summed E-state index contributed by atoms with van der Waals surface area (Å²) in [4.78, 5) is 18.6. The predicted octanol–water partition coefficient (Wildman–Crippen LogP) is 3.19. The van der Waals surface area contributed by atoms with Crippen molar-refractivity contribution in [3.05, 3.63) is 41.3 Å². The molecule has 28 heavy (non-hydrogen) atoms. The minimum Gasteiger partial charge on any atom is -0.497 e. The first-order valence-corrected chi connectivity index (χ1v) is 9.97. The van der Waals surface area contributed by atoms with Gasteiger partial charge in [0.05, 0.1) is 38.2 Å². The second-order valence-corrected chi connectivity index (χ2v) is 8.10. The Labute approximate surface area is 164 Å². The van der Waals surface area contributed by atoms with E-state index in [-0.39, 0.29) is 24.0 Å². The van der Waals surface area contributed by atoms with Crippen LogP contribution >= 0.6 is 0 Å². The molecule has 0 spiro atoms. The molecule has 3 aliphatic heterocycles. The molecule has 1 aromatic heterocycles. The average molecular weight is 382 g/mol. The van der Waals surface area contributed by atoms with Crippen molar-refractivity contribution in [3.8, 4) is 5.75 Å². The largest absolute Gasteiger partial charge is 0.497 e. The molecule has 1 N–H and O–H groups in total. The molecule has 4 atom stereocenters. The van der Waals surface area contributed by atoms with Gasteiger partial charge in [0.1, 0.15) is 5.75 Å². The van der Waals surface area contributed by atoms with Crippen LogP contribution in [0.4, 0.5) is 0 Å². The Kier molecular flexibility index (Phi) is 4.12. The molecule has 148 valence electrons. The molecule has 1 saturated heterocycles. The van der Waals surface area contributed by atoms with E-state index in [2.05, 4.69) is 28.9 Å². The quantitative estimate of drug-likeness (QED) is 0.809. The fourth-order valence-electron chi connectivity index (χ4n) is 5.35. The van der Waals surface area contributed by atoms with E-state index in [0.717, 1.165) is 37.2 Å². The Hall–Kier alpha value is -2.47. The molecule has 0 unspecified atom stereocenters. The molecule has 0 radical (unpaired) electrons. The molecule has 6 heteroatoms. The summed E-state index contributed by atoms with van der Waals surface area (Å²) in [6.07, 6.45) is 3.67. The highest BCUT2D eigenvalue weighted by Crippen LogP contribution is 2.47. The van der Waals surface area contributed by atoms with Crippen LogP contribution in [0.25, 0.3) is 10.9 Å². The molecule has 4 heterocycles. The van der Waals surface area contributed by atoms with Gasteiger partial charge < -0.3 is 19.2 Å². The van der Waals surface area contributed by atoms with Crippen molar-refractivity contribution in [3.63, 3.8) is 0 Å². The highest BCUT2D eigenvalue weighted by molar-refractivity contribution is 5.89. The molecule has 6 nitrogen and oxygen atoms in total. The lowest BCUT2D eigenvalue weighted by Gasteiger charge is -2.49. The maximum Gasteiger partial charge on any atom is 0.337 e. The van der Waals surface area contributed by atoms with E-state index in [1.54, 1.807) is 13.4 Å². The van der Waals surface area contributed by atoms with Gasteiger partial charge in [-0.1, -0.05) is 0 Å². The zero-order chi connectivity index (χ0) is 19.4. The number of carbonyl (C=O) groups is 1. The van der Waals surface area contributed by atoms with E-state index in [1.165, 1.54) is 23.8 Å². The van der Waals surface area contributed by atoms with Crippen LogP contribution in [0, 0.1) is 11.8 Å². The highest BCUT2D eigenvalue weighted by Gasteiger charge is 2.46. The zero-order valence-electron chi connectivity index (χ0n) is 16.5. The predicted molar refractivity (Wildman–Crippen MR) is 105 cm³/mol. The molecular weight excluding hydrogens is 356 g/mol. The standard InChI is InChI=1S/C22H26N2O4/c1-12-17-10-24-7-6-15-14-5-4-13(26-2)8-19(14)23-21(15)20(24)9-16(17)18(11-28-12)22(25)27-3/h4-5,8,11-12,16-17,20,23H,6-7,9-10H2,1-3H3/t12-,16-,17+,20+/m0/s1. The maximum atomic E-state index is 12.3. The summed E-state index contributed by atoms with van der Waals surface area (Å²) in [5.41, 5.74) is 4.49. The second kappa shape index (κ2) is 6.55. The number of nitrogens with zero attached hydrogens (tertiary/aromatic N) is 1. The number of aromatic nitrogens is 1. The maximum absolute atomic E-state index is 12.3. The number of H-pyrrole nitrogens is 1. The third-order valence-electron chi connectivity index (χ3n) is 6.84. The van der Waals surface area contributed by atoms with Crippen LogP contribution in [0.15, 0.2) is 30.0 Å². The van der Waals surface area contributed by atoms with Crippen molar-refractivity contribution in [2.75, 3.05) is 27.3 Å². The van der Waals surface area contributed by atoms with Gasteiger partial charge in [-0.15, -0.1) is 0 Å². The number of esters is 1. The number of hydrogen-bond acceptors (Lipinski definition) is 5. The molecule has 2 aromatic rings. The Bertz CT molecular complexity index is 963. The first-order chi connectivity index (χ1) is 13.6. The summed E-state index contributed by atoms with van der Waals surface area (Å²) in [5, 5.41) is 1.28. The minimum absolute atomic E-state index is 0.104. The van der Waals surface area contributed by atoms with Gasteiger partial charge in [0.25, 0.3) is 0 Å². The van der Waals surface area contributed by atoms with E-state index >= 15 is 0 Å². The summed E-state index contributed by atoms with van der Waals surface area (Å²) in [7, 11) is 3.13. The third kappa shape index (κ3) is 2.54. The lowest BCUT2D eigenvalue weighted by molar-refractivity contribution is -0.139. The SMILES string of the molecule is COC(=O)C1=CO[C@@H](C)[C@H]2CN3CCc4c([nH]c5cc(OC)ccc45)[C@H]3C[C@H]12. The molecular formula is C22H26N2O4. The number of piperidine rings is 1. The number of nitrogens with one attached hydrogen (secondary N) is 1. The molecule has 0 saturated carbocycles. The van der Waals surface area contributed by atoms with Crippen LogP contribution in [0.3, 0.4) is 0 Å². The molecule has 1 aromatic carbocycles. The summed E-state index contributed by atoms with van der Waals surface area (Å²) >= 11 is 0. The van der Waals surface area contributed by atoms with Crippen LogP contribution in [0.1, 0.15) is 30.6 Å². The molecule has 0 bridgehead atoms. The summed E-state index contributed by atoms with van der Waals surface area (Å²) < 4.78 is 16.2. The lowest BCUT2D eigenvalue weighted by Crippen LogP contribution is -2.51. The van der Waals surface area contributed by atoms with Crippen molar-refractivity contribution in [2.24, 2.45) is 11.8 Å². The molecule has 5 rings (SSSR count).